The normalized spacial score (nSPS) is 15.5. The molecule has 1 aliphatic rings. The molecular formula is C17H10N2O5S2. The van der Waals surface area contributed by atoms with E-state index in [0.29, 0.717) is 16.2 Å². The number of carboxylic acids is 1. The van der Waals surface area contributed by atoms with Gasteiger partial charge in [0.25, 0.3) is 11.6 Å². The third-order valence-corrected chi connectivity index (χ3v) is 4.83. The second-order valence-corrected chi connectivity index (χ2v) is 6.90. The van der Waals surface area contributed by atoms with Gasteiger partial charge >= 0.3 is 5.97 Å². The minimum atomic E-state index is -1.07. The van der Waals surface area contributed by atoms with E-state index in [1.54, 1.807) is 24.3 Å². The first kappa shape index (κ1) is 17.8. The van der Waals surface area contributed by atoms with Crippen LogP contribution in [0.15, 0.2) is 53.4 Å². The molecule has 2 aromatic carbocycles. The molecular weight excluding hydrogens is 376 g/mol. The SMILES string of the molecule is O=C(O)c1cccc(C=C2SC(=S)N(c3cccc([N+](=O)[O-])c3)C2=O)c1. The summed E-state index contributed by atoms with van der Waals surface area (Å²) < 4.78 is 0.246. The Labute approximate surface area is 157 Å². The number of aromatic carboxylic acids is 1. The van der Waals surface area contributed by atoms with Gasteiger partial charge in [-0.15, -0.1) is 0 Å². The number of non-ortho nitro benzene ring substituents is 1. The smallest absolute Gasteiger partial charge is 0.335 e. The lowest BCUT2D eigenvalue weighted by atomic mass is 10.1. The fourth-order valence-electron chi connectivity index (χ4n) is 2.35. The first-order chi connectivity index (χ1) is 12.4. The van der Waals surface area contributed by atoms with Crippen LogP contribution in [0.2, 0.25) is 0 Å². The molecule has 0 aliphatic carbocycles. The van der Waals surface area contributed by atoms with Gasteiger partial charge < -0.3 is 5.11 Å². The zero-order valence-electron chi connectivity index (χ0n) is 13.0. The highest BCUT2D eigenvalue weighted by atomic mass is 32.2. The van der Waals surface area contributed by atoms with Gasteiger partial charge in [-0.2, -0.15) is 0 Å². The molecule has 9 heteroatoms. The molecule has 1 N–H and O–H groups in total. The molecule has 1 amide bonds. The van der Waals surface area contributed by atoms with Gasteiger partial charge in [0, 0.05) is 12.1 Å². The summed E-state index contributed by atoms with van der Waals surface area (Å²) in [6.45, 7) is 0. The van der Waals surface area contributed by atoms with Gasteiger partial charge in [0.15, 0.2) is 4.32 Å². The monoisotopic (exact) mass is 386 g/mol. The Kier molecular flexibility index (Phi) is 4.83. The number of rotatable bonds is 4. The van der Waals surface area contributed by atoms with Crippen molar-refractivity contribution >= 4 is 57.6 Å². The fourth-order valence-corrected chi connectivity index (χ4v) is 3.65. The third-order valence-electron chi connectivity index (χ3n) is 3.52. The number of carboxylic acid groups (broad SMARTS) is 1. The van der Waals surface area contributed by atoms with Crippen molar-refractivity contribution in [2.75, 3.05) is 4.90 Å². The number of benzene rings is 2. The van der Waals surface area contributed by atoms with Crippen LogP contribution in [0.25, 0.3) is 6.08 Å². The highest BCUT2D eigenvalue weighted by Gasteiger charge is 2.33. The summed E-state index contributed by atoms with van der Waals surface area (Å²) in [6, 6.07) is 11.8. The van der Waals surface area contributed by atoms with E-state index >= 15 is 0 Å². The number of anilines is 1. The average molecular weight is 386 g/mol. The number of carbonyl (C=O) groups is 2. The molecule has 1 fully saturated rings. The van der Waals surface area contributed by atoms with E-state index in [2.05, 4.69) is 0 Å². The maximum absolute atomic E-state index is 12.7. The summed E-state index contributed by atoms with van der Waals surface area (Å²) in [7, 11) is 0. The Hall–Kier alpha value is -3.04. The number of hydrogen-bond acceptors (Lipinski definition) is 6. The summed E-state index contributed by atoms with van der Waals surface area (Å²) in [5.41, 5.74) is 0.816. The molecule has 0 aromatic heterocycles. The average Bonchev–Trinajstić information content (AvgIpc) is 2.88. The second kappa shape index (κ2) is 7.06. The van der Waals surface area contributed by atoms with Crippen LogP contribution >= 0.6 is 24.0 Å². The molecule has 0 spiro atoms. The van der Waals surface area contributed by atoms with Gasteiger partial charge in [0.05, 0.1) is 21.1 Å². The summed E-state index contributed by atoms with van der Waals surface area (Å²) in [6.07, 6.45) is 1.54. The molecule has 1 saturated heterocycles. The lowest BCUT2D eigenvalue weighted by Gasteiger charge is -2.13. The topological polar surface area (TPSA) is 101 Å². The molecule has 0 unspecified atom stereocenters. The van der Waals surface area contributed by atoms with Crippen LogP contribution in [-0.2, 0) is 4.79 Å². The van der Waals surface area contributed by atoms with Crippen LogP contribution in [-0.4, -0.2) is 26.2 Å². The van der Waals surface area contributed by atoms with Gasteiger partial charge in [-0.25, -0.2) is 4.79 Å². The van der Waals surface area contributed by atoms with Crippen molar-refractivity contribution in [3.63, 3.8) is 0 Å². The molecule has 26 heavy (non-hydrogen) atoms. The van der Waals surface area contributed by atoms with Crippen molar-refractivity contribution in [3.8, 4) is 0 Å². The first-order valence-electron chi connectivity index (χ1n) is 7.22. The van der Waals surface area contributed by atoms with Crippen molar-refractivity contribution in [1.82, 2.24) is 0 Å². The van der Waals surface area contributed by atoms with Crippen molar-refractivity contribution < 1.29 is 19.6 Å². The van der Waals surface area contributed by atoms with Crippen molar-refractivity contribution in [2.45, 2.75) is 0 Å². The molecule has 0 bridgehead atoms. The van der Waals surface area contributed by atoms with Crippen LogP contribution < -0.4 is 4.90 Å². The summed E-state index contributed by atoms with van der Waals surface area (Å²) >= 11 is 6.28. The quantitative estimate of drug-likeness (QED) is 0.370. The Morgan fingerprint density at radius 1 is 1.23 bits per heavy atom. The predicted octanol–water partition coefficient (Wildman–Crippen LogP) is 3.70. The van der Waals surface area contributed by atoms with Crippen molar-refractivity contribution in [3.05, 3.63) is 74.7 Å². The van der Waals surface area contributed by atoms with Gasteiger partial charge in [-0.3, -0.25) is 19.8 Å². The Morgan fingerprint density at radius 2 is 1.96 bits per heavy atom. The van der Waals surface area contributed by atoms with Gasteiger partial charge in [-0.1, -0.05) is 42.2 Å². The Bertz CT molecular complexity index is 987. The van der Waals surface area contributed by atoms with Crippen LogP contribution in [0.1, 0.15) is 15.9 Å². The molecule has 0 saturated carbocycles. The van der Waals surface area contributed by atoms with Crippen LogP contribution in [0, 0.1) is 10.1 Å². The van der Waals surface area contributed by atoms with Gasteiger partial charge in [0.2, 0.25) is 0 Å². The maximum atomic E-state index is 12.7. The highest BCUT2D eigenvalue weighted by Crippen LogP contribution is 2.37. The Balaban J connectivity index is 1.94. The number of carbonyl (C=O) groups excluding carboxylic acids is 1. The molecule has 1 aliphatic heterocycles. The van der Waals surface area contributed by atoms with E-state index in [0.717, 1.165) is 11.8 Å². The molecule has 0 radical (unpaired) electrons. The molecule has 0 atom stereocenters. The minimum absolute atomic E-state index is 0.105. The zero-order chi connectivity index (χ0) is 18.8. The standard InChI is InChI=1S/C17H10N2O5S2/c20-15-14(8-10-3-1-4-11(7-10)16(21)22)26-17(25)18(15)12-5-2-6-13(9-12)19(23)24/h1-9H,(H,21,22). The minimum Gasteiger partial charge on any atom is -0.478 e. The van der Waals surface area contributed by atoms with E-state index in [-0.39, 0.29) is 15.6 Å². The predicted molar refractivity (Wildman–Crippen MR) is 102 cm³/mol. The molecule has 7 nitrogen and oxygen atoms in total. The van der Waals surface area contributed by atoms with E-state index in [9.17, 15) is 19.7 Å². The molecule has 130 valence electrons. The largest absolute Gasteiger partial charge is 0.478 e. The van der Waals surface area contributed by atoms with Crippen LogP contribution in [0.5, 0.6) is 0 Å². The fraction of sp³-hybridized carbons (Fsp3) is 0. The lowest BCUT2D eigenvalue weighted by molar-refractivity contribution is -0.384. The maximum Gasteiger partial charge on any atom is 0.335 e. The molecule has 1 heterocycles. The van der Waals surface area contributed by atoms with Gasteiger partial charge in [-0.05, 0) is 29.8 Å². The number of hydrogen-bond donors (Lipinski definition) is 1. The summed E-state index contributed by atoms with van der Waals surface area (Å²) in [5, 5.41) is 20.0. The van der Waals surface area contributed by atoms with Crippen molar-refractivity contribution in [2.24, 2.45) is 0 Å². The number of thiocarbonyl (C=S) groups is 1. The number of nitro groups is 1. The van der Waals surface area contributed by atoms with E-state index in [4.69, 9.17) is 17.3 Å². The zero-order valence-corrected chi connectivity index (χ0v) is 14.6. The Morgan fingerprint density at radius 3 is 2.65 bits per heavy atom. The number of amides is 1. The molecule has 3 rings (SSSR count). The van der Waals surface area contributed by atoms with Crippen LogP contribution in [0.4, 0.5) is 11.4 Å². The van der Waals surface area contributed by atoms with Gasteiger partial charge in [0.1, 0.15) is 0 Å². The van der Waals surface area contributed by atoms with Crippen LogP contribution in [0.3, 0.4) is 0 Å². The van der Waals surface area contributed by atoms with E-state index in [1.807, 2.05) is 0 Å². The lowest BCUT2D eigenvalue weighted by Crippen LogP contribution is -2.27. The number of nitro benzene ring substituents is 1. The summed E-state index contributed by atoms with van der Waals surface area (Å²) in [5.74, 6) is -1.48. The second-order valence-electron chi connectivity index (χ2n) is 5.22. The van der Waals surface area contributed by atoms with Crippen molar-refractivity contribution in [1.29, 1.82) is 0 Å². The highest BCUT2D eigenvalue weighted by molar-refractivity contribution is 8.27. The van der Waals surface area contributed by atoms with E-state index in [1.165, 1.54) is 35.2 Å². The number of thioether (sulfide) groups is 1. The number of nitrogens with zero attached hydrogens (tertiary/aromatic N) is 2. The first-order valence-corrected chi connectivity index (χ1v) is 8.45. The molecule has 2 aromatic rings. The third kappa shape index (κ3) is 3.48. The van der Waals surface area contributed by atoms with E-state index < -0.39 is 16.8 Å². The summed E-state index contributed by atoms with van der Waals surface area (Å²) in [4.78, 5) is 35.7.